The largest absolute Gasteiger partial charge is 0.349 e. The number of benzene rings is 1. The van der Waals surface area contributed by atoms with Crippen LogP contribution in [-0.2, 0) is 14.8 Å². The zero-order chi connectivity index (χ0) is 17.9. The van der Waals surface area contributed by atoms with E-state index in [0.29, 0.717) is 6.54 Å². The van der Waals surface area contributed by atoms with Crippen LogP contribution < -0.4 is 5.32 Å². The highest BCUT2D eigenvalue weighted by atomic mass is 32.2. The van der Waals surface area contributed by atoms with E-state index in [2.05, 4.69) is 19.2 Å². The molecule has 1 aliphatic rings. The van der Waals surface area contributed by atoms with Gasteiger partial charge in [-0.15, -0.1) is 0 Å². The number of carbonyl (C=O) groups is 1. The van der Waals surface area contributed by atoms with Gasteiger partial charge in [-0.1, -0.05) is 38.1 Å². The molecule has 0 aromatic heterocycles. The van der Waals surface area contributed by atoms with Crippen LogP contribution in [0.15, 0.2) is 24.3 Å². The summed E-state index contributed by atoms with van der Waals surface area (Å²) in [7, 11) is -3.24. The smallest absolute Gasteiger partial charge is 0.224 e. The fraction of sp³-hybridized carbons (Fsp3) is 0.611. The molecule has 24 heavy (non-hydrogen) atoms. The summed E-state index contributed by atoms with van der Waals surface area (Å²) in [5, 5.41) is 3.15. The molecule has 6 heteroatoms. The predicted octanol–water partition coefficient (Wildman–Crippen LogP) is 2.48. The quantitative estimate of drug-likeness (QED) is 0.885. The molecule has 0 bridgehead atoms. The highest BCUT2D eigenvalue weighted by molar-refractivity contribution is 7.88. The number of hydrogen-bond donors (Lipinski definition) is 1. The Labute approximate surface area is 145 Å². The molecule has 0 radical (unpaired) electrons. The number of amides is 1. The number of carbonyl (C=O) groups excluding carboxylic acids is 1. The van der Waals surface area contributed by atoms with Crippen molar-refractivity contribution in [2.75, 3.05) is 19.3 Å². The molecule has 0 saturated carbocycles. The second-order valence-electron chi connectivity index (χ2n) is 7.05. The number of sulfonamides is 1. The second kappa shape index (κ2) is 7.66. The monoisotopic (exact) mass is 352 g/mol. The average molecular weight is 353 g/mol. The average Bonchev–Trinajstić information content (AvgIpc) is 2.52. The van der Waals surface area contributed by atoms with Crippen molar-refractivity contribution in [2.45, 2.75) is 39.7 Å². The van der Waals surface area contributed by atoms with Gasteiger partial charge in [0.25, 0.3) is 0 Å². The first-order valence-corrected chi connectivity index (χ1v) is 10.4. The van der Waals surface area contributed by atoms with Gasteiger partial charge in [0.05, 0.1) is 18.2 Å². The van der Waals surface area contributed by atoms with Crippen LogP contribution in [0.25, 0.3) is 0 Å². The normalized spacial score (nSPS) is 20.8. The third kappa shape index (κ3) is 4.57. The Morgan fingerprint density at radius 3 is 2.54 bits per heavy atom. The van der Waals surface area contributed by atoms with Crippen LogP contribution in [0.2, 0.25) is 0 Å². The first-order valence-electron chi connectivity index (χ1n) is 8.51. The fourth-order valence-corrected chi connectivity index (χ4v) is 4.18. The lowest BCUT2D eigenvalue weighted by Gasteiger charge is -2.32. The molecule has 1 amide bonds. The first kappa shape index (κ1) is 18.9. The van der Waals surface area contributed by atoms with E-state index in [4.69, 9.17) is 0 Å². The van der Waals surface area contributed by atoms with E-state index in [1.807, 2.05) is 31.2 Å². The summed E-state index contributed by atoms with van der Waals surface area (Å²) in [6.45, 7) is 7.00. The predicted molar refractivity (Wildman–Crippen MR) is 96.0 cm³/mol. The van der Waals surface area contributed by atoms with Gasteiger partial charge in [-0.2, -0.15) is 0 Å². The Kier molecular flexibility index (Phi) is 6.04. The molecule has 0 spiro atoms. The minimum absolute atomic E-state index is 0.0506. The van der Waals surface area contributed by atoms with Crippen molar-refractivity contribution >= 4 is 15.9 Å². The second-order valence-corrected chi connectivity index (χ2v) is 9.03. The highest BCUT2D eigenvalue weighted by Crippen LogP contribution is 2.26. The van der Waals surface area contributed by atoms with Crippen molar-refractivity contribution in [2.24, 2.45) is 11.8 Å². The van der Waals surface area contributed by atoms with Gasteiger partial charge < -0.3 is 5.32 Å². The van der Waals surface area contributed by atoms with Crippen LogP contribution in [0, 0.1) is 18.8 Å². The zero-order valence-corrected chi connectivity index (χ0v) is 15.8. The lowest BCUT2D eigenvalue weighted by molar-refractivity contribution is -0.127. The molecule has 0 aliphatic carbocycles. The molecule has 1 fully saturated rings. The Morgan fingerprint density at radius 1 is 1.29 bits per heavy atom. The van der Waals surface area contributed by atoms with Crippen LogP contribution in [0.3, 0.4) is 0 Å². The van der Waals surface area contributed by atoms with Gasteiger partial charge in [0, 0.05) is 13.1 Å². The highest BCUT2D eigenvalue weighted by Gasteiger charge is 2.31. The zero-order valence-electron chi connectivity index (χ0n) is 15.0. The number of nitrogens with zero attached hydrogens (tertiary/aromatic N) is 1. The maximum atomic E-state index is 12.7. The van der Waals surface area contributed by atoms with Crippen molar-refractivity contribution in [1.29, 1.82) is 0 Å². The molecule has 5 nitrogen and oxygen atoms in total. The van der Waals surface area contributed by atoms with Crippen LogP contribution in [0.4, 0.5) is 0 Å². The lowest BCUT2D eigenvalue weighted by atomic mass is 9.91. The standard InChI is InChI=1S/C18H28N2O3S/c1-13(2)17(16-10-6-5-8-14(16)3)19-18(21)15-9-7-11-20(12-15)24(4,22)23/h5-6,8,10,13,15,17H,7,9,11-12H2,1-4H3,(H,19,21)/t15-,17-/m0/s1. The molecule has 1 saturated heterocycles. The van der Waals surface area contributed by atoms with Crippen LogP contribution >= 0.6 is 0 Å². The van der Waals surface area contributed by atoms with Gasteiger partial charge >= 0.3 is 0 Å². The molecule has 0 unspecified atom stereocenters. The van der Waals surface area contributed by atoms with Crippen molar-refractivity contribution in [1.82, 2.24) is 9.62 Å². The number of piperidine rings is 1. The molecule has 134 valence electrons. The summed E-state index contributed by atoms with van der Waals surface area (Å²) < 4.78 is 24.9. The van der Waals surface area contributed by atoms with Crippen molar-refractivity contribution in [3.63, 3.8) is 0 Å². The maximum absolute atomic E-state index is 12.7. The van der Waals surface area contributed by atoms with E-state index in [0.717, 1.165) is 24.0 Å². The summed E-state index contributed by atoms with van der Waals surface area (Å²) >= 11 is 0. The first-order chi connectivity index (χ1) is 11.2. The van der Waals surface area contributed by atoms with Gasteiger partial charge in [0.15, 0.2) is 0 Å². The summed E-state index contributed by atoms with van der Waals surface area (Å²) in [5.74, 6) is -0.0753. The summed E-state index contributed by atoms with van der Waals surface area (Å²) in [6, 6.07) is 8.00. The Balaban J connectivity index is 2.13. The third-order valence-corrected chi connectivity index (χ3v) is 5.98. The summed E-state index contributed by atoms with van der Waals surface area (Å²) in [5.41, 5.74) is 2.27. The van der Waals surface area contributed by atoms with Gasteiger partial charge in [0.1, 0.15) is 0 Å². The van der Waals surface area contributed by atoms with E-state index >= 15 is 0 Å². The third-order valence-electron chi connectivity index (χ3n) is 4.71. The van der Waals surface area contributed by atoms with Gasteiger partial charge in [-0.3, -0.25) is 4.79 Å². The maximum Gasteiger partial charge on any atom is 0.224 e. The van der Waals surface area contributed by atoms with E-state index in [-0.39, 0.29) is 30.3 Å². The van der Waals surface area contributed by atoms with Crippen molar-refractivity contribution in [3.8, 4) is 0 Å². The Hall–Kier alpha value is -1.40. The Morgan fingerprint density at radius 2 is 1.96 bits per heavy atom. The molecule has 1 N–H and O–H groups in total. The van der Waals surface area contributed by atoms with Crippen LogP contribution in [0.1, 0.15) is 43.9 Å². The van der Waals surface area contributed by atoms with Gasteiger partial charge in [0.2, 0.25) is 15.9 Å². The van der Waals surface area contributed by atoms with Crippen LogP contribution in [-0.4, -0.2) is 38.0 Å². The van der Waals surface area contributed by atoms with E-state index in [1.165, 1.54) is 10.6 Å². The van der Waals surface area contributed by atoms with E-state index < -0.39 is 10.0 Å². The molecule has 1 aromatic rings. The molecule has 1 heterocycles. The van der Waals surface area contributed by atoms with Gasteiger partial charge in [-0.05, 0) is 36.8 Å². The van der Waals surface area contributed by atoms with Crippen LogP contribution in [0.5, 0.6) is 0 Å². The lowest BCUT2D eigenvalue weighted by Crippen LogP contribution is -2.46. The minimum Gasteiger partial charge on any atom is -0.349 e. The van der Waals surface area contributed by atoms with Gasteiger partial charge in [-0.25, -0.2) is 12.7 Å². The van der Waals surface area contributed by atoms with E-state index in [1.54, 1.807) is 0 Å². The summed E-state index contributed by atoms with van der Waals surface area (Å²) in [6.07, 6.45) is 2.66. The molecule has 1 aromatic carbocycles. The number of aryl methyl sites for hydroxylation is 1. The van der Waals surface area contributed by atoms with Crippen molar-refractivity contribution in [3.05, 3.63) is 35.4 Å². The summed E-state index contributed by atoms with van der Waals surface area (Å²) in [4.78, 5) is 12.7. The molecular formula is C18H28N2O3S. The SMILES string of the molecule is Cc1ccccc1[C@@H](NC(=O)[C@H]1CCCN(S(C)(=O)=O)C1)C(C)C. The van der Waals surface area contributed by atoms with E-state index in [9.17, 15) is 13.2 Å². The number of nitrogens with one attached hydrogen (secondary N) is 1. The fourth-order valence-electron chi connectivity index (χ4n) is 3.27. The molecular weight excluding hydrogens is 324 g/mol. The Bertz CT molecular complexity index is 685. The minimum atomic E-state index is -3.24. The number of rotatable bonds is 5. The molecule has 2 rings (SSSR count). The molecule has 1 aliphatic heterocycles. The number of hydrogen-bond acceptors (Lipinski definition) is 3. The van der Waals surface area contributed by atoms with Crippen molar-refractivity contribution < 1.29 is 13.2 Å². The topological polar surface area (TPSA) is 66.5 Å². The molecule has 2 atom stereocenters.